The van der Waals surface area contributed by atoms with Crippen molar-refractivity contribution in [3.05, 3.63) is 18.2 Å². The number of nitrogens with zero attached hydrogens (tertiary/aromatic N) is 2. The van der Waals surface area contributed by atoms with E-state index in [0.717, 1.165) is 31.1 Å². The average Bonchev–Trinajstić information content (AvgIpc) is 2.30. The monoisotopic (exact) mass is 237 g/mol. The van der Waals surface area contributed by atoms with Gasteiger partial charge >= 0.3 is 0 Å². The van der Waals surface area contributed by atoms with E-state index >= 15 is 0 Å². The van der Waals surface area contributed by atoms with Gasteiger partial charge in [0, 0.05) is 25.7 Å². The van der Waals surface area contributed by atoms with Crippen LogP contribution < -0.4 is 10.2 Å². The Kier molecular flexibility index (Phi) is 5.77. The van der Waals surface area contributed by atoms with E-state index in [2.05, 4.69) is 36.0 Å². The van der Waals surface area contributed by atoms with Crippen LogP contribution in [0, 0.1) is 0 Å². The van der Waals surface area contributed by atoms with Gasteiger partial charge in [-0.3, -0.25) is 0 Å². The molecule has 0 unspecified atom stereocenters. The van der Waals surface area contributed by atoms with Gasteiger partial charge in [-0.05, 0) is 39.3 Å². The van der Waals surface area contributed by atoms with Crippen molar-refractivity contribution in [2.24, 2.45) is 0 Å². The highest BCUT2D eigenvalue weighted by molar-refractivity contribution is 5.47. The van der Waals surface area contributed by atoms with Crippen LogP contribution in [0.25, 0.3) is 0 Å². The van der Waals surface area contributed by atoms with Gasteiger partial charge < -0.3 is 15.3 Å². The molecule has 0 spiro atoms. The molecule has 0 saturated heterocycles. The molecule has 1 aromatic heterocycles. The molecule has 0 aliphatic heterocycles. The van der Waals surface area contributed by atoms with Crippen LogP contribution in [-0.2, 0) is 0 Å². The van der Waals surface area contributed by atoms with Crippen molar-refractivity contribution in [2.45, 2.75) is 33.2 Å². The number of aliphatic hydroxyl groups is 1. The fourth-order valence-corrected chi connectivity index (χ4v) is 1.74. The molecular weight excluding hydrogens is 214 g/mol. The van der Waals surface area contributed by atoms with Crippen LogP contribution in [0.15, 0.2) is 18.2 Å². The number of pyridine rings is 1. The van der Waals surface area contributed by atoms with Crippen LogP contribution in [0.3, 0.4) is 0 Å². The fourth-order valence-electron chi connectivity index (χ4n) is 1.74. The Morgan fingerprint density at radius 3 is 2.76 bits per heavy atom. The second-order valence-corrected chi connectivity index (χ2v) is 4.28. The summed E-state index contributed by atoms with van der Waals surface area (Å²) in [4.78, 5) is 6.78. The van der Waals surface area contributed by atoms with Crippen molar-refractivity contribution < 1.29 is 5.11 Å². The average molecular weight is 237 g/mol. The van der Waals surface area contributed by atoms with Crippen molar-refractivity contribution in [3.8, 4) is 0 Å². The first-order chi connectivity index (χ1) is 8.19. The van der Waals surface area contributed by atoms with Gasteiger partial charge in [0.1, 0.15) is 11.6 Å². The second-order valence-electron chi connectivity index (χ2n) is 4.28. The highest BCUT2D eigenvalue weighted by Gasteiger charge is 2.11. The zero-order valence-corrected chi connectivity index (χ0v) is 11.0. The summed E-state index contributed by atoms with van der Waals surface area (Å²) in [5.41, 5.74) is 0. The lowest BCUT2D eigenvalue weighted by atomic mass is 10.2. The van der Waals surface area contributed by atoms with E-state index in [1.807, 2.05) is 18.2 Å². The van der Waals surface area contributed by atoms with Gasteiger partial charge in [0.05, 0.1) is 0 Å². The highest BCUT2D eigenvalue weighted by atomic mass is 16.3. The van der Waals surface area contributed by atoms with Gasteiger partial charge in [-0.15, -0.1) is 0 Å². The Labute approximate surface area is 104 Å². The van der Waals surface area contributed by atoms with Gasteiger partial charge in [0.2, 0.25) is 0 Å². The number of aromatic nitrogens is 1. The molecule has 4 nitrogen and oxygen atoms in total. The SMILES string of the molecule is CCNc1cccc(N(CCCO)C(C)C)n1. The lowest BCUT2D eigenvalue weighted by molar-refractivity contribution is 0.288. The lowest BCUT2D eigenvalue weighted by Crippen LogP contribution is -2.33. The van der Waals surface area contributed by atoms with Gasteiger partial charge in [-0.25, -0.2) is 4.98 Å². The third kappa shape index (κ3) is 4.23. The summed E-state index contributed by atoms with van der Waals surface area (Å²) >= 11 is 0. The fraction of sp³-hybridized carbons (Fsp3) is 0.615. The molecule has 2 N–H and O–H groups in total. The molecule has 96 valence electrons. The maximum atomic E-state index is 8.92. The van der Waals surface area contributed by atoms with Crippen molar-refractivity contribution in [3.63, 3.8) is 0 Å². The molecule has 17 heavy (non-hydrogen) atoms. The van der Waals surface area contributed by atoms with E-state index in [1.54, 1.807) is 0 Å². The van der Waals surface area contributed by atoms with Crippen LogP contribution in [0.1, 0.15) is 27.2 Å². The van der Waals surface area contributed by atoms with Crippen molar-refractivity contribution in [1.82, 2.24) is 4.98 Å². The van der Waals surface area contributed by atoms with Crippen molar-refractivity contribution >= 4 is 11.6 Å². The Morgan fingerprint density at radius 1 is 1.41 bits per heavy atom. The van der Waals surface area contributed by atoms with Gasteiger partial charge in [0.15, 0.2) is 0 Å². The molecule has 0 radical (unpaired) electrons. The first-order valence-corrected chi connectivity index (χ1v) is 6.27. The lowest BCUT2D eigenvalue weighted by Gasteiger charge is -2.28. The molecule has 0 aromatic carbocycles. The summed E-state index contributed by atoms with van der Waals surface area (Å²) in [6.07, 6.45) is 0.769. The molecular formula is C13H23N3O. The quantitative estimate of drug-likeness (QED) is 0.762. The van der Waals surface area contributed by atoms with E-state index in [-0.39, 0.29) is 6.61 Å². The molecule has 1 aromatic rings. The summed E-state index contributed by atoms with van der Waals surface area (Å²) in [7, 11) is 0. The van der Waals surface area contributed by atoms with Crippen LogP contribution in [0.4, 0.5) is 11.6 Å². The summed E-state index contributed by atoms with van der Waals surface area (Å²) in [5.74, 6) is 1.87. The third-order valence-electron chi connectivity index (χ3n) is 2.57. The molecule has 1 rings (SSSR count). The number of rotatable bonds is 7. The predicted molar refractivity (Wildman–Crippen MR) is 72.6 cm³/mol. The molecule has 0 bridgehead atoms. The first kappa shape index (κ1) is 13.8. The largest absolute Gasteiger partial charge is 0.396 e. The van der Waals surface area contributed by atoms with Gasteiger partial charge in [-0.1, -0.05) is 6.07 Å². The Balaban J connectivity index is 2.81. The summed E-state index contributed by atoms with van der Waals surface area (Å²) in [6.45, 7) is 8.25. The van der Waals surface area contributed by atoms with Crippen LogP contribution in [-0.4, -0.2) is 35.8 Å². The number of anilines is 2. The number of nitrogens with one attached hydrogen (secondary N) is 1. The Bertz CT molecular complexity index is 328. The molecule has 0 aliphatic rings. The number of aliphatic hydroxyl groups excluding tert-OH is 1. The third-order valence-corrected chi connectivity index (χ3v) is 2.57. The Hall–Kier alpha value is -1.29. The van der Waals surface area contributed by atoms with Crippen LogP contribution in [0.2, 0.25) is 0 Å². The van der Waals surface area contributed by atoms with Crippen molar-refractivity contribution in [2.75, 3.05) is 29.9 Å². The maximum absolute atomic E-state index is 8.92. The minimum absolute atomic E-state index is 0.218. The minimum atomic E-state index is 0.218. The normalized spacial score (nSPS) is 10.6. The van der Waals surface area contributed by atoms with E-state index in [1.165, 1.54) is 0 Å². The van der Waals surface area contributed by atoms with E-state index in [0.29, 0.717) is 6.04 Å². The van der Waals surface area contributed by atoms with Crippen molar-refractivity contribution in [1.29, 1.82) is 0 Å². The van der Waals surface area contributed by atoms with Crippen LogP contribution >= 0.6 is 0 Å². The summed E-state index contributed by atoms with van der Waals surface area (Å²) < 4.78 is 0. The van der Waals surface area contributed by atoms with E-state index < -0.39 is 0 Å². The maximum Gasteiger partial charge on any atom is 0.131 e. The van der Waals surface area contributed by atoms with Gasteiger partial charge in [0.25, 0.3) is 0 Å². The summed E-state index contributed by atoms with van der Waals surface area (Å²) in [5, 5.41) is 12.1. The topological polar surface area (TPSA) is 48.4 Å². The van der Waals surface area contributed by atoms with Crippen LogP contribution in [0.5, 0.6) is 0 Å². The zero-order valence-electron chi connectivity index (χ0n) is 11.0. The minimum Gasteiger partial charge on any atom is -0.396 e. The summed E-state index contributed by atoms with van der Waals surface area (Å²) in [6, 6.07) is 6.37. The molecule has 1 heterocycles. The standard InChI is InChI=1S/C13H23N3O/c1-4-14-12-7-5-8-13(15-12)16(11(2)3)9-6-10-17/h5,7-8,11,17H,4,6,9-10H2,1-3H3,(H,14,15). The molecule has 0 saturated carbocycles. The molecule has 4 heteroatoms. The van der Waals surface area contributed by atoms with Gasteiger partial charge in [-0.2, -0.15) is 0 Å². The predicted octanol–water partition coefficient (Wildman–Crippen LogP) is 2.11. The highest BCUT2D eigenvalue weighted by Crippen LogP contribution is 2.17. The molecule has 0 fully saturated rings. The Morgan fingerprint density at radius 2 is 2.18 bits per heavy atom. The van der Waals surface area contributed by atoms with E-state index in [4.69, 9.17) is 5.11 Å². The molecule has 0 atom stereocenters. The first-order valence-electron chi connectivity index (χ1n) is 6.27. The zero-order chi connectivity index (χ0) is 12.7. The molecule has 0 aliphatic carbocycles. The molecule has 0 amide bonds. The van der Waals surface area contributed by atoms with E-state index in [9.17, 15) is 0 Å². The number of hydrogen-bond donors (Lipinski definition) is 2. The second kappa shape index (κ2) is 7.12. The number of hydrogen-bond acceptors (Lipinski definition) is 4. The smallest absolute Gasteiger partial charge is 0.131 e.